The van der Waals surface area contributed by atoms with Crippen molar-refractivity contribution in [3.63, 3.8) is 0 Å². The van der Waals surface area contributed by atoms with E-state index in [-0.39, 0.29) is 18.6 Å². The van der Waals surface area contributed by atoms with Crippen LogP contribution in [0.4, 0.5) is 0 Å². The van der Waals surface area contributed by atoms with Crippen molar-refractivity contribution in [1.29, 1.82) is 0 Å². The van der Waals surface area contributed by atoms with E-state index in [0.29, 0.717) is 6.42 Å². The van der Waals surface area contributed by atoms with E-state index >= 15 is 0 Å². The molecule has 0 aromatic heterocycles. The van der Waals surface area contributed by atoms with E-state index in [2.05, 4.69) is 11.7 Å². The normalized spacial score (nSPS) is 12.2. The summed E-state index contributed by atoms with van der Waals surface area (Å²) in [6, 6.07) is 0. The molecule has 0 bridgehead atoms. The molecule has 112 valence electrons. The highest BCUT2D eigenvalue weighted by Gasteiger charge is 2.14. The lowest BCUT2D eigenvalue weighted by molar-refractivity contribution is -0.143. The number of aliphatic hydroxyl groups is 1. The highest BCUT2D eigenvalue weighted by molar-refractivity contribution is 5.95. The average Bonchev–Trinajstić information content (AvgIpc) is 2.37. The second-order valence-corrected chi connectivity index (χ2v) is 5.06. The van der Waals surface area contributed by atoms with Crippen LogP contribution in [0.2, 0.25) is 0 Å². The van der Waals surface area contributed by atoms with Crippen molar-refractivity contribution in [3.05, 3.63) is 0 Å². The van der Waals surface area contributed by atoms with Gasteiger partial charge in [-0.25, -0.2) is 0 Å². The Labute approximate surface area is 116 Å². The molecule has 4 nitrogen and oxygen atoms in total. The lowest BCUT2D eigenvalue weighted by Crippen LogP contribution is -2.16. The second-order valence-electron chi connectivity index (χ2n) is 5.06. The van der Waals surface area contributed by atoms with Crippen LogP contribution < -0.4 is 0 Å². The Bertz CT molecular complexity index is 251. The lowest BCUT2D eigenvalue weighted by atomic mass is 10.0. The third-order valence-electron chi connectivity index (χ3n) is 3.17. The standard InChI is InChI=1S/C15H28O4/c1-3-4-5-6-7-8-9-10-13(16)11-14(17)12-15(18)19-2/h13,16H,3-12H2,1-2H3/t13-/m0/s1. The number of carbonyl (C=O) groups is 2. The van der Waals surface area contributed by atoms with E-state index in [1.54, 1.807) is 0 Å². The first-order valence-corrected chi connectivity index (χ1v) is 7.36. The van der Waals surface area contributed by atoms with Crippen molar-refractivity contribution in [3.8, 4) is 0 Å². The van der Waals surface area contributed by atoms with E-state index in [1.165, 1.54) is 39.2 Å². The van der Waals surface area contributed by atoms with Crippen LogP contribution in [-0.4, -0.2) is 30.1 Å². The van der Waals surface area contributed by atoms with Crippen LogP contribution in [0.25, 0.3) is 0 Å². The van der Waals surface area contributed by atoms with E-state index in [1.807, 2.05) is 0 Å². The number of hydrogen-bond donors (Lipinski definition) is 1. The van der Waals surface area contributed by atoms with Gasteiger partial charge in [0.2, 0.25) is 0 Å². The van der Waals surface area contributed by atoms with E-state index in [4.69, 9.17) is 0 Å². The topological polar surface area (TPSA) is 63.6 Å². The number of ketones is 1. The molecule has 0 aliphatic rings. The summed E-state index contributed by atoms with van der Waals surface area (Å²) >= 11 is 0. The van der Waals surface area contributed by atoms with Gasteiger partial charge in [0.25, 0.3) is 0 Å². The highest BCUT2D eigenvalue weighted by atomic mass is 16.5. The van der Waals surface area contributed by atoms with Gasteiger partial charge in [0.1, 0.15) is 12.2 Å². The Kier molecular flexibility index (Phi) is 11.6. The molecule has 0 radical (unpaired) electrons. The Morgan fingerprint density at radius 3 is 2.21 bits per heavy atom. The summed E-state index contributed by atoms with van der Waals surface area (Å²) in [5.41, 5.74) is 0. The molecule has 4 heteroatoms. The second kappa shape index (κ2) is 12.2. The summed E-state index contributed by atoms with van der Waals surface area (Å²) in [5.74, 6) is -0.782. The van der Waals surface area contributed by atoms with Gasteiger partial charge >= 0.3 is 5.97 Å². The first-order chi connectivity index (χ1) is 9.10. The van der Waals surface area contributed by atoms with Crippen molar-refractivity contribution in [2.24, 2.45) is 0 Å². The first-order valence-electron chi connectivity index (χ1n) is 7.36. The van der Waals surface area contributed by atoms with Gasteiger partial charge in [0.15, 0.2) is 0 Å². The average molecular weight is 272 g/mol. The Morgan fingerprint density at radius 2 is 1.63 bits per heavy atom. The number of unbranched alkanes of at least 4 members (excludes halogenated alkanes) is 6. The van der Waals surface area contributed by atoms with Gasteiger partial charge in [-0.05, 0) is 6.42 Å². The van der Waals surface area contributed by atoms with Crippen LogP contribution in [0.1, 0.15) is 71.1 Å². The van der Waals surface area contributed by atoms with Crippen LogP contribution in [-0.2, 0) is 14.3 Å². The molecule has 0 saturated carbocycles. The van der Waals surface area contributed by atoms with Gasteiger partial charge in [-0.1, -0.05) is 51.9 Å². The minimum Gasteiger partial charge on any atom is -0.469 e. The molecule has 0 aromatic carbocycles. The SMILES string of the molecule is CCCCCCCCC[C@H](O)CC(=O)CC(=O)OC. The maximum Gasteiger partial charge on any atom is 0.313 e. The largest absolute Gasteiger partial charge is 0.469 e. The molecule has 1 atom stereocenters. The third kappa shape index (κ3) is 11.9. The van der Waals surface area contributed by atoms with Crippen LogP contribution in [0.5, 0.6) is 0 Å². The van der Waals surface area contributed by atoms with Crippen molar-refractivity contribution < 1.29 is 19.4 Å². The summed E-state index contributed by atoms with van der Waals surface area (Å²) in [7, 11) is 1.25. The molecule has 0 rings (SSSR count). The number of carbonyl (C=O) groups excluding carboxylic acids is 2. The van der Waals surface area contributed by atoms with Gasteiger partial charge in [0.05, 0.1) is 13.2 Å². The molecule has 0 spiro atoms. The monoisotopic (exact) mass is 272 g/mol. The van der Waals surface area contributed by atoms with E-state index in [9.17, 15) is 14.7 Å². The van der Waals surface area contributed by atoms with Crippen molar-refractivity contribution in [1.82, 2.24) is 0 Å². The number of methoxy groups -OCH3 is 1. The number of aliphatic hydroxyl groups excluding tert-OH is 1. The molecule has 1 N–H and O–H groups in total. The molecule has 0 aliphatic heterocycles. The van der Waals surface area contributed by atoms with Crippen LogP contribution in [0.3, 0.4) is 0 Å². The van der Waals surface area contributed by atoms with Gasteiger partial charge in [-0.3, -0.25) is 9.59 Å². The molecule has 0 fully saturated rings. The van der Waals surface area contributed by atoms with Gasteiger partial charge in [0, 0.05) is 6.42 Å². The summed E-state index contributed by atoms with van der Waals surface area (Å²) < 4.78 is 4.41. The molecule has 0 amide bonds. The molecule has 0 aromatic rings. The van der Waals surface area contributed by atoms with Crippen molar-refractivity contribution in [2.45, 2.75) is 77.2 Å². The first kappa shape index (κ1) is 18.1. The fourth-order valence-corrected chi connectivity index (χ4v) is 2.01. The molecular weight excluding hydrogens is 244 g/mol. The van der Waals surface area contributed by atoms with Gasteiger partial charge in [-0.2, -0.15) is 0 Å². The zero-order valence-electron chi connectivity index (χ0n) is 12.3. The Morgan fingerprint density at radius 1 is 1.05 bits per heavy atom. The third-order valence-corrected chi connectivity index (χ3v) is 3.17. The Hall–Kier alpha value is -0.900. The molecular formula is C15H28O4. The summed E-state index contributed by atoms with van der Waals surface area (Å²) in [6.45, 7) is 2.20. The zero-order chi connectivity index (χ0) is 14.5. The van der Waals surface area contributed by atoms with Crippen LogP contribution >= 0.6 is 0 Å². The number of Topliss-reactive ketones (excluding diaryl/α,β-unsaturated/α-hetero) is 1. The number of ether oxygens (including phenoxy) is 1. The predicted molar refractivity (Wildman–Crippen MR) is 74.9 cm³/mol. The fourth-order valence-electron chi connectivity index (χ4n) is 2.01. The highest BCUT2D eigenvalue weighted by Crippen LogP contribution is 2.11. The van der Waals surface area contributed by atoms with Gasteiger partial charge < -0.3 is 9.84 Å². The molecule has 0 saturated heterocycles. The number of hydrogen-bond acceptors (Lipinski definition) is 4. The summed E-state index contributed by atoms with van der Waals surface area (Å²) in [5, 5.41) is 9.67. The van der Waals surface area contributed by atoms with Crippen LogP contribution in [0, 0.1) is 0 Å². The van der Waals surface area contributed by atoms with Crippen LogP contribution in [0.15, 0.2) is 0 Å². The minimum absolute atomic E-state index is 0.0605. The molecule has 0 heterocycles. The van der Waals surface area contributed by atoms with Crippen molar-refractivity contribution in [2.75, 3.05) is 7.11 Å². The van der Waals surface area contributed by atoms with Gasteiger partial charge in [-0.15, -0.1) is 0 Å². The number of rotatable bonds is 12. The minimum atomic E-state index is -0.618. The summed E-state index contributed by atoms with van der Waals surface area (Å²) in [6.07, 6.45) is 8.19. The Balaban J connectivity index is 3.45. The molecule has 19 heavy (non-hydrogen) atoms. The fraction of sp³-hybridized carbons (Fsp3) is 0.867. The quantitative estimate of drug-likeness (QED) is 0.337. The smallest absolute Gasteiger partial charge is 0.313 e. The molecule has 0 unspecified atom stereocenters. The predicted octanol–water partition coefficient (Wildman–Crippen LogP) is 3.01. The summed E-state index contributed by atoms with van der Waals surface area (Å²) in [4.78, 5) is 22.2. The van der Waals surface area contributed by atoms with E-state index < -0.39 is 12.1 Å². The van der Waals surface area contributed by atoms with Crippen molar-refractivity contribution >= 4 is 11.8 Å². The maximum absolute atomic E-state index is 11.4. The molecule has 0 aliphatic carbocycles. The number of esters is 1. The lowest BCUT2D eigenvalue weighted by Gasteiger charge is -2.09. The zero-order valence-corrected chi connectivity index (χ0v) is 12.3. The van der Waals surface area contributed by atoms with E-state index in [0.717, 1.165) is 12.8 Å². The maximum atomic E-state index is 11.4.